The lowest BCUT2D eigenvalue weighted by Gasteiger charge is -1.99. The molecule has 0 spiro atoms. The second-order valence-electron chi connectivity index (χ2n) is 2.65. The average molecular weight is 246 g/mol. The topological polar surface area (TPSA) is 121 Å². The summed E-state index contributed by atoms with van der Waals surface area (Å²) in [7, 11) is 0. The van der Waals surface area contributed by atoms with Crippen molar-refractivity contribution in [3.05, 3.63) is 24.3 Å². The van der Waals surface area contributed by atoms with Crippen LogP contribution in [-0.4, -0.2) is 46.4 Å². The monoisotopic (exact) mass is 246 g/mol. The van der Waals surface area contributed by atoms with Crippen molar-refractivity contribution in [3.63, 3.8) is 0 Å². The molecule has 0 aliphatic heterocycles. The van der Waals surface area contributed by atoms with Gasteiger partial charge in [-0.15, -0.1) is 0 Å². The van der Waals surface area contributed by atoms with E-state index in [0.717, 1.165) is 0 Å². The highest BCUT2D eigenvalue weighted by molar-refractivity contribution is 5.89. The fourth-order valence-corrected chi connectivity index (χ4v) is 0.404. The van der Waals surface area contributed by atoms with Gasteiger partial charge in [-0.1, -0.05) is 6.58 Å². The molecule has 0 aromatic rings. The zero-order chi connectivity index (χ0) is 13.8. The highest BCUT2D eigenvalue weighted by Gasteiger charge is 1.99. The summed E-state index contributed by atoms with van der Waals surface area (Å²) in [4.78, 5) is 29.6. The molecule has 3 N–H and O–H groups in total. The minimum absolute atomic E-state index is 0.0473. The van der Waals surface area contributed by atoms with Crippen molar-refractivity contribution in [3.8, 4) is 0 Å². The van der Waals surface area contributed by atoms with Crippen LogP contribution in [-0.2, 0) is 19.1 Å². The van der Waals surface area contributed by atoms with Gasteiger partial charge in [0.15, 0.2) is 0 Å². The first kappa shape index (κ1) is 17.3. The molecule has 96 valence electrons. The summed E-state index contributed by atoms with van der Waals surface area (Å²) in [5.74, 6) is -2.97. The number of aliphatic hydroxyl groups is 1. The molecule has 0 rings (SSSR count). The molecule has 0 aliphatic carbocycles. The van der Waals surface area contributed by atoms with Crippen LogP contribution in [0.2, 0.25) is 0 Å². The van der Waals surface area contributed by atoms with E-state index in [9.17, 15) is 14.4 Å². The van der Waals surface area contributed by atoms with Crippen molar-refractivity contribution >= 4 is 17.9 Å². The Kier molecular flexibility index (Phi) is 10.5. The summed E-state index contributed by atoms with van der Waals surface area (Å²) in [6.07, 6.45) is 1.12. The number of carboxylic acids is 2. The lowest BCUT2D eigenvalue weighted by molar-refractivity contribution is -0.140. The second kappa shape index (κ2) is 10.4. The van der Waals surface area contributed by atoms with E-state index >= 15 is 0 Å². The number of aliphatic hydroxyl groups excluding tert-OH is 1. The van der Waals surface area contributed by atoms with Crippen LogP contribution in [0.5, 0.6) is 0 Å². The summed E-state index contributed by atoms with van der Waals surface area (Å²) >= 11 is 0. The Balaban J connectivity index is 0. The summed E-state index contributed by atoms with van der Waals surface area (Å²) in [5.41, 5.74) is 0.350. The summed E-state index contributed by atoms with van der Waals surface area (Å²) < 4.78 is 4.46. The van der Waals surface area contributed by atoms with Gasteiger partial charge in [0.25, 0.3) is 0 Å². The van der Waals surface area contributed by atoms with Crippen LogP contribution in [0.25, 0.3) is 0 Å². The van der Waals surface area contributed by atoms with E-state index < -0.39 is 17.9 Å². The van der Waals surface area contributed by atoms with Crippen LogP contribution >= 0.6 is 0 Å². The SMILES string of the molecule is C=C(C)C(=O)OCCO.O=C(O)/C=C/C(=O)O. The Morgan fingerprint density at radius 2 is 1.59 bits per heavy atom. The normalized spacial score (nSPS) is 9.06. The first-order chi connectivity index (χ1) is 7.81. The Morgan fingerprint density at radius 3 is 1.82 bits per heavy atom. The third-order valence-corrected chi connectivity index (χ3v) is 1.04. The Morgan fingerprint density at radius 1 is 1.18 bits per heavy atom. The van der Waals surface area contributed by atoms with Gasteiger partial charge < -0.3 is 20.1 Å². The molecule has 0 unspecified atom stereocenters. The smallest absolute Gasteiger partial charge is 0.333 e. The predicted molar refractivity (Wildman–Crippen MR) is 57.3 cm³/mol. The lowest BCUT2D eigenvalue weighted by atomic mass is 10.4. The minimum atomic E-state index is -1.26. The largest absolute Gasteiger partial charge is 0.478 e. The average Bonchev–Trinajstić information content (AvgIpc) is 2.23. The Hall–Kier alpha value is -2.15. The molecule has 0 radical (unpaired) electrons. The van der Waals surface area contributed by atoms with Crippen LogP contribution in [0.1, 0.15) is 6.92 Å². The number of hydrogen-bond acceptors (Lipinski definition) is 5. The number of carbonyl (C=O) groups excluding carboxylic acids is 1. The Labute approximate surface area is 97.6 Å². The second-order valence-corrected chi connectivity index (χ2v) is 2.65. The molecule has 0 aliphatic rings. The Bertz CT molecular complexity index is 301. The number of hydrogen-bond donors (Lipinski definition) is 3. The standard InChI is InChI=1S/C6H10O3.C4H4O4/c1-5(2)6(8)9-4-3-7;5-3(6)1-2-4(7)8/h7H,1,3-4H2,2H3;1-2H,(H,5,6)(H,7,8)/b;2-1+. The predicted octanol–water partition coefficient (Wildman–Crippen LogP) is -0.190. The summed E-state index contributed by atoms with van der Waals surface area (Å²) in [6, 6.07) is 0. The van der Waals surface area contributed by atoms with Crippen molar-refractivity contribution in [2.45, 2.75) is 6.92 Å². The highest BCUT2D eigenvalue weighted by atomic mass is 16.5. The zero-order valence-electron chi connectivity index (χ0n) is 9.25. The number of carbonyl (C=O) groups is 3. The molecular weight excluding hydrogens is 232 g/mol. The molecule has 0 aromatic carbocycles. The van der Waals surface area contributed by atoms with E-state index in [1.807, 2.05) is 0 Å². The fourth-order valence-electron chi connectivity index (χ4n) is 0.404. The van der Waals surface area contributed by atoms with Gasteiger partial charge in [-0.05, 0) is 6.92 Å². The molecule has 0 amide bonds. The third kappa shape index (κ3) is 16.5. The van der Waals surface area contributed by atoms with E-state index in [0.29, 0.717) is 17.7 Å². The zero-order valence-corrected chi connectivity index (χ0v) is 9.25. The van der Waals surface area contributed by atoms with Crippen LogP contribution in [0.3, 0.4) is 0 Å². The molecule has 7 nitrogen and oxygen atoms in total. The quantitative estimate of drug-likeness (QED) is 0.454. The van der Waals surface area contributed by atoms with Crippen molar-refractivity contribution in [2.75, 3.05) is 13.2 Å². The lowest BCUT2D eigenvalue weighted by Crippen LogP contribution is -2.08. The maximum absolute atomic E-state index is 10.5. The van der Waals surface area contributed by atoms with Crippen molar-refractivity contribution in [2.24, 2.45) is 0 Å². The van der Waals surface area contributed by atoms with Gasteiger partial charge in [0, 0.05) is 17.7 Å². The molecule has 0 atom stereocenters. The van der Waals surface area contributed by atoms with Gasteiger partial charge in [-0.25, -0.2) is 14.4 Å². The number of carboxylic acid groups (broad SMARTS) is 2. The minimum Gasteiger partial charge on any atom is -0.478 e. The first-order valence-corrected chi connectivity index (χ1v) is 4.38. The van der Waals surface area contributed by atoms with Gasteiger partial charge in [-0.3, -0.25) is 0 Å². The highest BCUT2D eigenvalue weighted by Crippen LogP contribution is 1.89. The van der Waals surface area contributed by atoms with E-state index in [2.05, 4.69) is 11.3 Å². The van der Waals surface area contributed by atoms with Crippen molar-refractivity contribution in [1.29, 1.82) is 0 Å². The van der Waals surface area contributed by atoms with Crippen LogP contribution in [0.4, 0.5) is 0 Å². The van der Waals surface area contributed by atoms with Crippen molar-refractivity contribution < 1.29 is 34.4 Å². The number of rotatable bonds is 5. The van der Waals surface area contributed by atoms with Gasteiger partial charge in [0.1, 0.15) is 6.61 Å². The number of ether oxygens (including phenoxy) is 1. The molecule has 0 fully saturated rings. The molecular formula is C10H14O7. The van der Waals surface area contributed by atoms with E-state index in [1.165, 1.54) is 0 Å². The van der Waals surface area contributed by atoms with Crippen LogP contribution < -0.4 is 0 Å². The van der Waals surface area contributed by atoms with E-state index in [-0.39, 0.29) is 13.2 Å². The van der Waals surface area contributed by atoms with Crippen LogP contribution in [0.15, 0.2) is 24.3 Å². The fraction of sp³-hybridized carbons (Fsp3) is 0.300. The van der Waals surface area contributed by atoms with Gasteiger partial charge >= 0.3 is 17.9 Å². The summed E-state index contributed by atoms with van der Waals surface area (Å²) in [5, 5.41) is 23.8. The molecule has 0 aromatic heterocycles. The molecule has 7 heteroatoms. The summed E-state index contributed by atoms with van der Waals surface area (Å²) in [6.45, 7) is 4.81. The third-order valence-electron chi connectivity index (χ3n) is 1.04. The van der Waals surface area contributed by atoms with E-state index in [4.69, 9.17) is 15.3 Å². The van der Waals surface area contributed by atoms with Gasteiger partial charge in [-0.2, -0.15) is 0 Å². The molecule has 0 saturated carbocycles. The van der Waals surface area contributed by atoms with Crippen molar-refractivity contribution in [1.82, 2.24) is 0 Å². The first-order valence-electron chi connectivity index (χ1n) is 4.38. The number of esters is 1. The molecule has 17 heavy (non-hydrogen) atoms. The van der Waals surface area contributed by atoms with Gasteiger partial charge in [0.2, 0.25) is 0 Å². The maximum Gasteiger partial charge on any atom is 0.333 e. The molecule has 0 saturated heterocycles. The maximum atomic E-state index is 10.5. The van der Waals surface area contributed by atoms with E-state index in [1.54, 1.807) is 6.92 Å². The molecule has 0 heterocycles. The van der Waals surface area contributed by atoms with Crippen LogP contribution in [0, 0.1) is 0 Å². The molecule has 0 bridgehead atoms. The number of aliphatic carboxylic acids is 2. The van der Waals surface area contributed by atoms with Gasteiger partial charge in [0.05, 0.1) is 6.61 Å².